The highest BCUT2D eigenvalue weighted by Gasteiger charge is 2.46. The van der Waals surface area contributed by atoms with Gasteiger partial charge < -0.3 is 15.2 Å². The molecule has 0 bridgehead atoms. The zero-order valence-corrected chi connectivity index (χ0v) is 14.9. The number of benzene rings is 1. The number of H-pyrrole nitrogens is 1. The Hall–Kier alpha value is -3.28. The quantitative estimate of drug-likeness (QED) is 0.762. The van der Waals surface area contributed by atoms with Gasteiger partial charge in [-0.3, -0.25) is 14.4 Å². The molecule has 146 valence electrons. The third-order valence-corrected chi connectivity index (χ3v) is 4.65. The lowest BCUT2D eigenvalue weighted by Crippen LogP contribution is -2.36. The van der Waals surface area contributed by atoms with Crippen molar-refractivity contribution in [1.82, 2.24) is 15.2 Å². The van der Waals surface area contributed by atoms with Crippen molar-refractivity contribution in [3.63, 3.8) is 0 Å². The number of hydrogen-bond donors (Lipinski definition) is 2. The maximum absolute atomic E-state index is 13.4. The number of fused-ring (bicyclic) bond motifs is 1. The summed E-state index contributed by atoms with van der Waals surface area (Å²) in [6.45, 7) is -0.598. The summed E-state index contributed by atoms with van der Waals surface area (Å²) >= 11 is 0. The fourth-order valence-electron chi connectivity index (χ4n) is 3.27. The first kappa shape index (κ1) is 19.5. The van der Waals surface area contributed by atoms with E-state index in [0.717, 1.165) is 4.90 Å². The minimum absolute atomic E-state index is 0.0547. The highest BCUT2D eigenvalue weighted by molar-refractivity contribution is 6.06. The molecule has 1 saturated heterocycles. The van der Waals surface area contributed by atoms with Gasteiger partial charge in [-0.25, -0.2) is 8.78 Å². The molecule has 1 aromatic heterocycles. The van der Waals surface area contributed by atoms with Crippen molar-refractivity contribution in [3.05, 3.63) is 46.4 Å². The highest BCUT2D eigenvalue weighted by Crippen LogP contribution is 2.32. The van der Waals surface area contributed by atoms with Crippen molar-refractivity contribution in [2.24, 2.45) is 0 Å². The molecule has 1 fully saturated rings. The van der Waals surface area contributed by atoms with E-state index in [9.17, 15) is 23.2 Å². The summed E-state index contributed by atoms with van der Waals surface area (Å²) in [5.41, 5.74) is -0.00235. The van der Waals surface area contributed by atoms with Crippen molar-refractivity contribution >= 4 is 22.6 Å². The summed E-state index contributed by atoms with van der Waals surface area (Å²) in [4.78, 5) is 39.7. The Kier molecular flexibility index (Phi) is 5.40. The number of rotatable bonds is 5. The molecule has 1 atom stereocenters. The van der Waals surface area contributed by atoms with Crippen molar-refractivity contribution in [2.75, 3.05) is 13.1 Å². The minimum atomic E-state index is -3.05. The Labute approximate surface area is 158 Å². The van der Waals surface area contributed by atoms with Gasteiger partial charge in [0.1, 0.15) is 6.04 Å². The number of halogens is 2. The predicted octanol–water partition coefficient (Wildman–Crippen LogP) is 1.80. The van der Waals surface area contributed by atoms with Gasteiger partial charge in [0.2, 0.25) is 5.91 Å². The van der Waals surface area contributed by atoms with Gasteiger partial charge in [0.05, 0.1) is 18.2 Å². The average Bonchev–Trinajstić information content (AvgIpc) is 3.00. The molecule has 0 spiro atoms. The van der Waals surface area contributed by atoms with Crippen molar-refractivity contribution in [1.29, 1.82) is 5.26 Å². The van der Waals surface area contributed by atoms with Crippen molar-refractivity contribution < 1.29 is 18.4 Å². The van der Waals surface area contributed by atoms with Crippen LogP contribution < -0.4 is 10.9 Å². The second-order valence-corrected chi connectivity index (χ2v) is 6.66. The molecule has 0 radical (unpaired) electrons. The van der Waals surface area contributed by atoms with E-state index >= 15 is 0 Å². The van der Waals surface area contributed by atoms with Crippen LogP contribution in [0.1, 0.15) is 29.6 Å². The Bertz CT molecular complexity index is 1010. The van der Waals surface area contributed by atoms with E-state index in [1.807, 2.05) is 0 Å². The molecule has 9 heteroatoms. The van der Waals surface area contributed by atoms with Gasteiger partial charge in [-0.05, 0) is 12.5 Å². The molecule has 2 N–H and O–H groups in total. The third kappa shape index (κ3) is 4.01. The molecule has 1 aromatic carbocycles. The minimum Gasteiger partial charge on any atom is -0.352 e. The van der Waals surface area contributed by atoms with Crippen molar-refractivity contribution in [3.8, 4) is 6.07 Å². The summed E-state index contributed by atoms with van der Waals surface area (Å²) < 4.78 is 26.8. The van der Waals surface area contributed by atoms with Crippen molar-refractivity contribution in [2.45, 2.75) is 31.2 Å². The lowest BCUT2D eigenvalue weighted by Gasteiger charge is -2.19. The van der Waals surface area contributed by atoms with E-state index in [4.69, 9.17) is 5.26 Å². The smallest absolute Gasteiger partial charge is 0.268 e. The number of amides is 2. The summed E-state index contributed by atoms with van der Waals surface area (Å²) in [6, 6.07) is 7.30. The normalized spacial score (nSPS) is 18.0. The number of hydrogen-bond acceptors (Lipinski definition) is 4. The fraction of sp³-hybridized carbons (Fsp3) is 0.368. The van der Waals surface area contributed by atoms with Crippen LogP contribution in [0.5, 0.6) is 0 Å². The molecule has 1 aliphatic rings. The van der Waals surface area contributed by atoms with Crippen LogP contribution in [0.25, 0.3) is 10.8 Å². The number of pyridine rings is 1. The number of nitrogens with zero attached hydrogens (tertiary/aromatic N) is 2. The zero-order chi connectivity index (χ0) is 20.3. The lowest BCUT2D eigenvalue weighted by molar-refractivity contribution is -0.132. The largest absolute Gasteiger partial charge is 0.352 e. The molecule has 0 unspecified atom stereocenters. The van der Waals surface area contributed by atoms with Gasteiger partial charge >= 0.3 is 0 Å². The van der Waals surface area contributed by atoms with E-state index in [0.29, 0.717) is 16.3 Å². The number of alkyl halides is 2. The van der Waals surface area contributed by atoms with Crippen LogP contribution in [0.4, 0.5) is 8.78 Å². The molecule has 28 heavy (non-hydrogen) atoms. The maximum atomic E-state index is 13.4. The van der Waals surface area contributed by atoms with E-state index in [2.05, 4.69) is 10.3 Å². The summed E-state index contributed by atoms with van der Waals surface area (Å²) in [6.07, 6.45) is 0.868. The van der Waals surface area contributed by atoms with Gasteiger partial charge in [0.15, 0.2) is 0 Å². The summed E-state index contributed by atoms with van der Waals surface area (Å²) in [7, 11) is 0. The van der Waals surface area contributed by atoms with E-state index < -0.39 is 36.7 Å². The van der Waals surface area contributed by atoms with Gasteiger partial charge in [0, 0.05) is 36.4 Å². The molecule has 2 aromatic rings. The molecule has 2 heterocycles. The second kappa shape index (κ2) is 7.76. The lowest BCUT2D eigenvalue weighted by atomic mass is 10.1. The maximum Gasteiger partial charge on any atom is 0.268 e. The monoisotopic (exact) mass is 388 g/mol. The second-order valence-electron chi connectivity index (χ2n) is 6.66. The molecular weight excluding hydrogens is 370 g/mol. The topological polar surface area (TPSA) is 106 Å². The molecule has 7 nitrogen and oxygen atoms in total. The van der Waals surface area contributed by atoms with E-state index in [-0.39, 0.29) is 24.9 Å². The van der Waals surface area contributed by atoms with Gasteiger partial charge in [-0.15, -0.1) is 0 Å². The number of nitrogens with one attached hydrogen (secondary N) is 2. The van der Waals surface area contributed by atoms with Crippen LogP contribution in [0.15, 0.2) is 35.3 Å². The van der Waals surface area contributed by atoms with Crippen LogP contribution in [-0.4, -0.2) is 46.8 Å². The number of likely N-dealkylation sites (tertiary alicyclic amines) is 1. The standard InChI is InChI=1S/C19H18F2N4O3/c20-19(21)8-12(9-22)25(11-19)16(26)6-3-7-23-18(28)15-10-24-17(27)14-5-2-1-4-13(14)15/h1-2,4-5,10,12H,3,6-8,11H2,(H,23,28)(H,24,27)/t12-/m0/s1. The summed E-state index contributed by atoms with van der Waals surface area (Å²) in [5, 5.41) is 12.5. The van der Waals surface area contributed by atoms with E-state index in [1.54, 1.807) is 30.3 Å². The molecule has 0 saturated carbocycles. The Balaban J connectivity index is 1.56. The molecule has 0 aliphatic carbocycles. The van der Waals surface area contributed by atoms with Crippen LogP contribution in [-0.2, 0) is 4.79 Å². The zero-order valence-electron chi connectivity index (χ0n) is 14.9. The number of aromatic nitrogens is 1. The number of carbonyl (C=O) groups is 2. The SMILES string of the molecule is N#C[C@@H]1CC(F)(F)CN1C(=O)CCCNC(=O)c1c[nH]c(=O)c2ccccc12. The van der Waals surface area contributed by atoms with E-state index in [1.165, 1.54) is 6.20 Å². The first-order chi connectivity index (χ1) is 13.3. The summed E-state index contributed by atoms with van der Waals surface area (Å²) in [5.74, 6) is -4.00. The van der Waals surface area contributed by atoms with Gasteiger partial charge in [-0.2, -0.15) is 5.26 Å². The van der Waals surface area contributed by atoms with Crippen LogP contribution >= 0.6 is 0 Å². The predicted molar refractivity (Wildman–Crippen MR) is 96.8 cm³/mol. The highest BCUT2D eigenvalue weighted by atomic mass is 19.3. The molecule has 2 amide bonds. The average molecular weight is 388 g/mol. The number of nitriles is 1. The number of carbonyl (C=O) groups excluding carboxylic acids is 2. The molecule has 3 rings (SSSR count). The van der Waals surface area contributed by atoms with Crippen LogP contribution in [0.3, 0.4) is 0 Å². The first-order valence-electron chi connectivity index (χ1n) is 8.78. The van der Waals surface area contributed by atoms with Crippen LogP contribution in [0, 0.1) is 11.3 Å². The first-order valence-corrected chi connectivity index (χ1v) is 8.78. The fourth-order valence-corrected chi connectivity index (χ4v) is 3.27. The Morgan fingerprint density at radius 2 is 2.04 bits per heavy atom. The Morgan fingerprint density at radius 3 is 2.75 bits per heavy atom. The number of aromatic amines is 1. The third-order valence-electron chi connectivity index (χ3n) is 4.65. The van der Waals surface area contributed by atoms with Gasteiger partial charge in [-0.1, -0.05) is 18.2 Å². The Morgan fingerprint density at radius 1 is 1.32 bits per heavy atom. The molecule has 1 aliphatic heterocycles. The molecular formula is C19H18F2N4O3. The van der Waals surface area contributed by atoms with Gasteiger partial charge in [0.25, 0.3) is 17.4 Å². The van der Waals surface area contributed by atoms with Crippen LogP contribution in [0.2, 0.25) is 0 Å².